The SMILES string of the molecule is CCC(=O)N(COCC(C)(C)C)c1ccc(-c2cncc(F)c2)nc1C(F)(F)F. The summed E-state index contributed by atoms with van der Waals surface area (Å²) in [5.41, 5.74) is -1.89. The van der Waals surface area contributed by atoms with Gasteiger partial charge >= 0.3 is 6.18 Å². The van der Waals surface area contributed by atoms with Crippen LogP contribution in [0.5, 0.6) is 0 Å². The molecule has 2 aromatic heterocycles. The number of rotatable bonds is 6. The Morgan fingerprint density at radius 1 is 1.17 bits per heavy atom. The van der Waals surface area contributed by atoms with Gasteiger partial charge in [0.05, 0.1) is 24.2 Å². The van der Waals surface area contributed by atoms with Gasteiger partial charge in [0, 0.05) is 18.2 Å². The van der Waals surface area contributed by atoms with Crippen LogP contribution in [0.1, 0.15) is 39.8 Å². The Bertz CT molecular complexity index is 864. The van der Waals surface area contributed by atoms with Gasteiger partial charge in [-0.2, -0.15) is 13.2 Å². The van der Waals surface area contributed by atoms with E-state index in [0.29, 0.717) is 0 Å². The van der Waals surface area contributed by atoms with Crippen molar-refractivity contribution in [2.45, 2.75) is 40.3 Å². The number of aromatic nitrogens is 2. The molecule has 0 aliphatic rings. The Morgan fingerprint density at radius 2 is 1.86 bits per heavy atom. The van der Waals surface area contributed by atoms with Crippen LogP contribution in [0.2, 0.25) is 0 Å². The van der Waals surface area contributed by atoms with E-state index in [0.717, 1.165) is 23.2 Å². The van der Waals surface area contributed by atoms with Gasteiger partial charge in [-0.3, -0.25) is 14.7 Å². The monoisotopic (exact) mass is 413 g/mol. The van der Waals surface area contributed by atoms with E-state index in [-0.39, 0.29) is 36.4 Å². The molecule has 1 amide bonds. The molecule has 0 aliphatic carbocycles. The number of carbonyl (C=O) groups excluding carboxylic acids is 1. The number of halogens is 4. The summed E-state index contributed by atoms with van der Waals surface area (Å²) in [5.74, 6) is -1.23. The van der Waals surface area contributed by atoms with E-state index in [9.17, 15) is 22.4 Å². The van der Waals surface area contributed by atoms with E-state index < -0.39 is 29.3 Å². The lowest BCUT2D eigenvalue weighted by atomic mass is 9.99. The summed E-state index contributed by atoms with van der Waals surface area (Å²) in [6.45, 7) is 7.18. The molecule has 2 aromatic rings. The molecule has 0 spiro atoms. The van der Waals surface area contributed by atoms with Gasteiger partial charge in [-0.15, -0.1) is 0 Å². The highest BCUT2D eigenvalue weighted by atomic mass is 19.4. The molecule has 0 aliphatic heterocycles. The van der Waals surface area contributed by atoms with Crippen molar-refractivity contribution in [3.63, 3.8) is 0 Å². The number of carbonyl (C=O) groups is 1. The molecule has 2 rings (SSSR count). The normalized spacial score (nSPS) is 12.1. The molecule has 5 nitrogen and oxygen atoms in total. The molecule has 9 heteroatoms. The molecule has 158 valence electrons. The number of hydrogen-bond donors (Lipinski definition) is 0. The van der Waals surface area contributed by atoms with Crippen molar-refractivity contribution in [2.24, 2.45) is 5.41 Å². The van der Waals surface area contributed by atoms with Crippen LogP contribution >= 0.6 is 0 Å². The summed E-state index contributed by atoms with van der Waals surface area (Å²) in [7, 11) is 0. The standard InChI is InChI=1S/C20H23F4N3O2/c1-5-17(28)27(12-29-11-19(2,3)4)16-7-6-15(26-18(16)20(22,23)24)13-8-14(21)10-25-9-13/h6-10H,5,11-12H2,1-4H3. The van der Waals surface area contributed by atoms with Crippen LogP contribution in [-0.4, -0.2) is 29.2 Å². The number of amides is 1. The highest BCUT2D eigenvalue weighted by molar-refractivity contribution is 5.93. The molecular formula is C20H23F4N3O2. The van der Waals surface area contributed by atoms with Gasteiger partial charge in [-0.05, 0) is 23.6 Å². The van der Waals surface area contributed by atoms with Gasteiger partial charge in [0.2, 0.25) is 5.91 Å². The van der Waals surface area contributed by atoms with E-state index >= 15 is 0 Å². The van der Waals surface area contributed by atoms with Gasteiger partial charge in [-0.25, -0.2) is 9.37 Å². The van der Waals surface area contributed by atoms with Crippen LogP contribution < -0.4 is 4.90 Å². The number of alkyl halides is 3. The van der Waals surface area contributed by atoms with E-state index in [4.69, 9.17) is 4.74 Å². The highest BCUT2D eigenvalue weighted by Crippen LogP contribution is 2.37. The predicted octanol–water partition coefficient (Wildman–Crippen LogP) is 5.06. The molecule has 0 radical (unpaired) electrons. The van der Waals surface area contributed by atoms with Gasteiger partial charge in [0.25, 0.3) is 0 Å². The second kappa shape index (κ2) is 8.86. The topological polar surface area (TPSA) is 55.3 Å². The molecular weight excluding hydrogens is 390 g/mol. The fraction of sp³-hybridized carbons (Fsp3) is 0.450. The number of hydrogen-bond acceptors (Lipinski definition) is 4. The Balaban J connectivity index is 2.48. The summed E-state index contributed by atoms with van der Waals surface area (Å²) in [6.07, 6.45) is -2.68. The lowest BCUT2D eigenvalue weighted by molar-refractivity contribution is -0.140. The minimum Gasteiger partial charge on any atom is -0.360 e. The van der Waals surface area contributed by atoms with E-state index in [1.165, 1.54) is 12.3 Å². The van der Waals surface area contributed by atoms with Crippen molar-refractivity contribution in [3.05, 3.63) is 42.1 Å². The zero-order valence-corrected chi connectivity index (χ0v) is 16.7. The minimum absolute atomic E-state index is 0.00819. The quantitative estimate of drug-likeness (QED) is 0.490. The maximum Gasteiger partial charge on any atom is 0.435 e. The maximum absolute atomic E-state index is 13.7. The average molecular weight is 413 g/mol. The third-order valence-corrected chi connectivity index (χ3v) is 3.79. The number of anilines is 1. The first-order valence-corrected chi connectivity index (χ1v) is 8.99. The molecule has 2 heterocycles. The van der Waals surface area contributed by atoms with Gasteiger partial charge in [0.1, 0.15) is 12.5 Å². The molecule has 0 fully saturated rings. The third kappa shape index (κ3) is 6.22. The Morgan fingerprint density at radius 3 is 2.41 bits per heavy atom. The van der Waals surface area contributed by atoms with Crippen molar-refractivity contribution in [1.82, 2.24) is 9.97 Å². The highest BCUT2D eigenvalue weighted by Gasteiger charge is 2.38. The van der Waals surface area contributed by atoms with Crippen molar-refractivity contribution >= 4 is 11.6 Å². The van der Waals surface area contributed by atoms with Gasteiger partial charge < -0.3 is 4.74 Å². The average Bonchev–Trinajstić information content (AvgIpc) is 2.63. The number of ether oxygens (including phenoxy) is 1. The molecule has 0 aromatic carbocycles. The summed E-state index contributed by atoms with van der Waals surface area (Å²) < 4.78 is 60.1. The Labute approximate surface area is 166 Å². The van der Waals surface area contributed by atoms with Crippen molar-refractivity contribution < 1.29 is 27.1 Å². The zero-order valence-electron chi connectivity index (χ0n) is 16.7. The third-order valence-electron chi connectivity index (χ3n) is 3.79. The fourth-order valence-electron chi connectivity index (χ4n) is 2.50. The first kappa shape index (κ1) is 22.7. The van der Waals surface area contributed by atoms with E-state index in [1.54, 1.807) is 6.92 Å². The Kier molecular flexibility index (Phi) is 6.94. The fourth-order valence-corrected chi connectivity index (χ4v) is 2.50. The van der Waals surface area contributed by atoms with Crippen LogP contribution in [-0.2, 0) is 15.7 Å². The summed E-state index contributed by atoms with van der Waals surface area (Å²) >= 11 is 0. The van der Waals surface area contributed by atoms with Crippen LogP contribution in [0.15, 0.2) is 30.6 Å². The Hall–Kier alpha value is -2.55. The number of nitrogens with zero attached hydrogens (tertiary/aromatic N) is 3. The van der Waals surface area contributed by atoms with Crippen molar-refractivity contribution in [1.29, 1.82) is 0 Å². The largest absolute Gasteiger partial charge is 0.435 e. The summed E-state index contributed by atoms with van der Waals surface area (Å²) in [4.78, 5) is 20.6. The number of pyridine rings is 2. The molecule has 29 heavy (non-hydrogen) atoms. The molecule has 0 N–H and O–H groups in total. The smallest absolute Gasteiger partial charge is 0.360 e. The van der Waals surface area contributed by atoms with E-state index in [2.05, 4.69) is 9.97 Å². The van der Waals surface area contributed by atoms with Crippen molar-refractivity contribution in [2.75, 3.05) is 18.2 Å². The van der Waals surface area contributed by atoms with E-state index in [1.807, 2.05) is 20.8 Å². The van der Waals surface area contributed by atoms with Gasteiger partial charge in [-0.1, -0.05) is 27.7 Å². The lowest BCUT2D eigenvalue weighted by Crippen LogP contribution is -2.35. The summed E-state index contributed by atoms with van der Waals surface area (Å²) in [6, 6.07) is 3.47. The lowest BCUT2D eigenvalue weighted by Gasteiger charge is -2.27. The zero-order chi connectivity index (χ0) is 21.8. The second-order valence-corrected chi connectivity index (χ2v) is 7.67. The van der Waals surface area contributed by atoms with Crippen LogP contribution in [0.4, 0.5) is 23.2 Å². The molecule has 0 atom stereocenters. The first-order chi connectivity index (χ1) is 13.4. The first-order valence-electron chi connectivity index (χ1n) is 8.99. The molecule has 0 saturated heterocycles. The minimum atomic E-state index is -4.83. The molecule has 0 saturated carbocycles. The second-order valence-electron chi connectivity index (χ2n) is 7.67. The molecule has 0 unspecified atom stereocenters. The van der Waals surface area contributed by atoms with Crippen LogP contribution in [0.25, 0.3) is 11.3 Å². The predicted molar refractivity (Wildman–Crippen MR) is 100 cm³/mol. The van der Waals surface area contributed by atoms with Gasteiger partial charge in [0.15, 0.2) is 5.69 Å². The van der Waals surface area contributed by atoms with Crippen LogP contribution in [0.3, 0.4) is 0 Å². The van der Waals surface area contributed by atoms with Crippen LogP contribution in [0, 0.1) is 11.2 Å². The van der Waals surface area contributed by atoms with Crippen molar-refractivity contribution in [3.8, 4) is 11.3 Å². The maximum atomic E-state index is 13.7. The molecule has 0 bridgehead atoms. The summed E-state index contributed by atoms with van der Waals surface area (Å²) in [5, 5.41) is 0.